The summed E-state index contributed by atoms with van der Waals surface area (Å²) in [4.78, 5) is 16.6. The van der Waals surface area contributed by atoms with Crippen molar-refractivity contribution in [3.63, 3.8) is 0 Å². The molecule has 116 valence electrons. The van der Waals surface area contributed by atoms with Crippen molar-refractivity contribution in [2.45, 2.75) is 45.2 Å². The van der Waals surface area contributed by atoms with Gasteiger partial charge in [0.1, 0.15) is 6.33 Å². The molecule has 0 spiro atoms. The summed E-state index contributed by atoms with van der Waals surface area (Å²) < 4.78 is 1.63. The van der Waals surface area contributed by atoms with Crippen LogP contribution in [-0.4, -0.2) is 31.1 Å². The van der Waals surface area contributed by atoms with E-state index in [1.54, 1.807) is 11.0 Å². The van der Waals surface area contributed by atoms with Gasteiger partial charge in [-0.05, 0) is 60.2 Å². The van der Waals surface area contributed by atoms with Crippen molar-refractivity contribution in [3.8, 4) is 0 Å². The number of tetrazole rings is 1. The number of aryl methyl sites for hydroxylation is 2. The minimum absolute atomic E-state index is 0.0421. The van der Waals surface area contributed by atoms with Crippen LogP contribution in [0.15, 0.2) is 24.7 Å². The fraction of sp³-hybridized carbons (Fsp3) is 0.533. The second-order valence-corrected chi connectivity index (χ2v) is 5.82. The van der Waals surface area contributed by atoms with Crippen LogP contribution in [0.1, 0.15) is 43.0 Å². The van der Waals surface area contributed by atoms with Crippen LogP contribution >= 0.6 is 0 Å². The third-order valence-corrected chi connectivity index (χ3v) is 3.85. The molecule has 3 rings (SSSR count). The molecule has 0 saturated heterocycles. The molecule has 1 N–H and O–H groups in total. The maximum absolute atomic E-state index is 12.2. The summed E-state index contributed by atoms with van der Waals surface area (Å²) >= 11 is 0. The number of rotatable bonds is 7. The maximum Gasteiger partial charge on any atom is 0.220 e. The molecule has 0 aliphatic heterocycles. The lowest BCUT2D eigenvalue weighted by molar-refractivity contribution is -0.122. The number of carbonyl (C=O) groups excluding carboxylic acids is 1. The highest BCUT2D eigenvalue weighted by Gasteiger charge is 2.34. The number of pyridine rings is 1. The van der Waals surface area contributed by atoms with E-state index in [0.717, 1.165) is 25.0 Å². The van der Waals surface area contributed by atoms with E-state index in [0.29, 0.717) is 18.9 Å². The highest BCUT2D eigenvalue weighted by atomic mass is 16.1. The Balaban J connectivity index is 1.53. The minimum atomic E-state index is 0.0421. The zero-order chi connectivity index (χ0) is 15.4. The van der Waals surface area contributed by atoms with E-state index in [4.69, 9.17) is 0 Å². The quantitative estimate of drug-likeness (QED) is 0.836. The number of amides is 1. The predicted octanol–water partition coefficient (Wildman–Crippen LogP) is 1.42. The second kappa shape index (κ2) is 6.64. The third-order valence-electron chi connectivity index (χ3n) is 3.85. The zero-order valence-corrected chi connectivity index (χ0v) is 12.6. The molecule has 7 heteroatoms. The molecule has 7 nitrogen and oxygen atoms in total. The zero-order valence-electron chi connectivity index (χ0n) is 12.6. The van der Waals surface area contributed by atoms with Gasteiger partial charge in [-0.3, -0.25) is 9.78 Å². The SMILES string of the molecule is Cc1ccnc([C@H](NC(=O)CCCn2cnnn2)C2CC2)c1. The lowest BCUT2D eigenvalue weighted by atomic mass is 10.1. The Morgan fingerprint density at radius 2 is 2.36 bits per heavy atom. The van der Waals surface area contributed by atoms with E-state index >= 15 is 0 Å². The van der Waals surface area contributed by atoms with Crippen LogP contribution in [0, 0.1) is 12.8 Å². The summed E-state index contributed by atoms with van der Waals surface area (Å²) in [6, 6.07) is 4.08. The van der Waals surface area contributed by atoms with Crippen LogP contribution in [0.4, 0.5) is 0 Å². The summed E-state index contributed by atoms with van der Waals surface area (Å²) in [5.41, 5.74) is 2.14. The summed E-state index contributed by atoms with van der Waals surface area (Å²) in [6.45, 7) is 2.69. The number of nitrogens with one attached hydrogen (secondary N) is 1. The molecule has 2 aromatic heterocycles. The van der Waals surface area contributed by atoms with Gasteiger partial charge in [0.15, 0.2) is 0 Å². The van der Waals surface area contributed by atoms with Gasteiger partial charge in [-0.15, -0.1) is 5.10 Å². The predicted molar refractivity (Wildman–Crippen MR) is 79.6 cm³/mol. The first kappa shape index (κ1) is 14.6. The molecule has 1 saturated carbocycles. The van der Waals surface area contributed by atoms with Crippen LogP contribution < -0.4 is 5.32 Å². The van der Waals surface area contributed by atoms with Crippen molar-refractivity contribution in [2.24, 2.45) is 5.92 Å². The molecule has 1 aliphatic carbocycles. The van der Waals surface area contributed by atoms with Crippen molar-refractivity contribution < 1.29 is 4.79 Å². The molecule has 0 aromatic carbocycles. The Kier molecular flexibility index (Phi) is 4.41. The van der Waals surface area contributed by atoms with Gasteiger partial charge in [-0.2, -0.15) is 0 Å². The van der Waals surface area contributed by atoms with Crippen molar-refractivity contribution >= 4 is 5.91 Å². The molecule has 1 atom stereocenters. The maximum atomic E-state index is 12.2. The van der Waals surface area contributed by atoms with Gasteiger partial charge >= 0.3 is 0 Å². The van der Waals surface area contributed by atoms with Crippen LogP contribution in [0.5, 0.6) is 0 Å². The smallest absolute Gasteiger partial charge is 0.220 e. The van der Waals surface area contributed by atoms with Crippen molar-refractivity contribution in [1.29, 1.82) is 0 Å². The van der Waals surface area contributed by atoms with Crippen LogP contribution in [-0.2, 0) is 11.3 Å². The number of aromatic nitrogens is 5. The van der Waals surface area contributed by atoms with Gasteiger partial charge in [0.2, 0.25) is 5.91 Å². The molecule has 2 heterocycles. The normalized spacial score (nSPS) is 15.5. The number of hydrogen-bond donors (Lipinski definition) is 1. The number of nitrogens with zero attached hydrogens (tertiary/aromatic N) is 5. The fourth-order valence-corrected chi connectivity index (χ4v) is 2.52. The van der Waals surface area contributed by atoms with Crippen LogP contribution in [0.3, 0.4) is 0 Å². The Morgan fingerprint density at radius 3 is 3.05 bits per heavy atom. The van der Waals surface area contributed by atoms with Gasteiger partial charge in [0.05, 0.1) is 11.7 Å². The third kappa shape index (κ3) is 3.87. The monoisotopic (exact) mass is 300 g/mol. The van der Waals surface area contributed by atoms with E-state index in [1.807, 2.05) is 19.2 Å². The van der Waals surface area contributed by atoms with Crippen LogP contribution in [0.2, 0.25) is 0 Å². The molecular formula is C15H20N6O. The fourth-order valence-electron chi connectivity index (χ4n) is 2.52. The highest BCUT2D eigenvalue weighted by Crippen LogP contribution is 2.40. The molecule has 1 amide bonds. The topological polar surface area (TPSA) is 85.6 Å². The Bertz CT molecular complexity index is 623. The van der Waals surface area contributed by atoms with E-state index in [2.05, 4.69) is 31.9 Å². The summed E-state index contributed by atoms with van der Waals surface area (Å²) in [6.07, 6.45) is 6.87. The number of carbonyl (C=O) groups is 1. The molecule has 2 aromatic rings. The Morgan fingerprint density at radius 1 is 1.50 bits per heavy atom. The van der Waals surface area contributed by atoms with Crippen molar-refractivity contribution in [2.75, 3.05) is 0 Å². The van der Waals surface area contributed by atoms with Gasteiger partial charge in [0.25, 0.3) is 0 Å². The molecule has 1 fully saturated rings. The highest BCUT2D eigenvalue weighted by molar-refractivity contribution is 5.76. The van der Waals surface area contributed by atoms with Crippen molar-refractivity contribution in [1.82, 2.24) is 30.5 Å². The van der Waals surface area contributed by atoms with Crippen molar-refractivity contribution in [3.05, 3.63) is 35.9 Å². The summed E-state index contributed by atoms with van der Waals surface area (Å²) in [5, 5.41) is 14.1. The van der Waals surface area contributed by atoms with E-state index in [1.165, 1.54) is 5.56 Å². The molecular weight excluding hydrogens is 280 g/mol. The average molecular weight is 300 g/mol. The largest absolute Gasteiger partial charge is 0.347 e. The second-order valence-electron chi connectivity index (χ2n) is 5.82. The Hall–Kier alpha value is -2.31. The van der Waals surface area contributed by atoms with Gasteiger partial charge in [0, 0.05) is 19.2 Å². The van der Waals surface area contributed by atoms with Gasteiger partial charge in [-0.1, -0.05) is 0 Å². The standard InChI is InChI=1S/C15H20N6O/c1-11-6-7-16-13(9-11)15(12-4-5-12)18-14(22)3-2-8-21-10-17-19-20-21/h6-7,9-10,12,15H,2-5,8H2,1H3,(H,18,22)/t15-/m1/s1. The number of hydrogen-bond acceptors (Lipinski definition) is 5. The van der Waals surface area contributed by atoms with E-state index < -0.39 is 0 Å². The van der Waals surface area contributed by atoms with Gasteiger partial charge < -0.3 is 5.32 Å². The molecule has 1 aliphatic rings. The molecule has 22 heavy (non-hydrogen) atoms. The Labute approximate surface area is 129 Å². The first-order valence-corrected chi connectivity index (χ1v) is 7.65. The van der Waals surface area contributed by atoms with E-state index in [-0.39, 0.29) is 11.9 Å². The van der Waals surface area contributed by atoms with Crippen LogP contribution in [0.25, 0.3) is 0 Å². The summed E-state index contributed by atoms with van der Waals surface area (Å²) in [5.74, 6) is 0.589. The first-order chi connectivity index (χ1) is 10.7. The van der Waals surface area contributed by atoms with Gasteiger partial charge in [-0.25, -0.2) is 4.68 Å². The lowest BCUT2D eigenvalue weighted by Gasteiger charge is -2.18. The molecule has 0 unspecified atom stereocenters. The minimum Gasteiger partial charge on any atom is -0.347 e. The van der Waals surface area contributed by atoms with E-state index in [9.17, 15) is 4.79 Å². The molecule has 0 bridgehead atoms. The molecule has 0 radical (unpaired) electrons. The average Bonchev–Trinajstić information content (AvgIpc) is 3.21. The first-order valence-electron chi connectivity index (χ1n) is 7.65. The lowest BCUT2D eigenvalue weighted by Crippen LogP contribution is -2.30. The summed E-state index contributed by atoms with van der Waals surface area (Å²) in [7, 11) is 0.